The first-order valence-electron chi connectivity index (χ1n) is 33.3. The van der Waals surface area contributed by atoms with E-state index in [0.29, 0.717) is 34.0 Å². The molecule has 6 saturated carbocycles. The van der Waals surface area contributed by atoms with Crippen molar-refractivity contribution in [3.05, 3.63) is 103 Å². The fourth-order valence-corrected chi connectivity index (χ4v) is 26.6. The fourth-order valence-electron chi connectivity index (χ4n) is 13.5. The van der Waals surface area contributed by atoms with Crippen molar-refractivity contribution < 1.29 is 201 Å². The predicted molar refractivity (Wildman–Crippen MR) is 383 cm³/mol. The molecule has 6 aliphatic carbocycles. The third-order valence-electron chi connectivity index (χ3n) is 17.7. The van der Waals surface area contributed by atoms with Gasteiger partial charge in [0, 0.05) is 175 Å². The van der Waals surface area contributed by atoms with E-state index in [0.717, 1.165) is 27.7 Å². The van der Waals surface area contributed by atoms with Gasteiger partial charge in [0.15, 0.2) is 0 Å². The van der Waals surface area contributed by atoms with Crippen molar-refractivity contribution in [2.24, 2.45) is 0 Å². The maximum Gasteiger partial charge on any atom is 0.454 e. The number of halogens is 9. The number of hydrogen-bond acceptors (Lipinski definition) is 10. The molecule has 101 heavy (non-hydrogen) atoms. The Hall–Kier alpha value is -2.15. The Morgan fingerprint density at radius 3 is 0.653 bits per heavy atom. The number of allylic oxidation sites excluding steroid dienone is 2. The van der Waals surface area contributed by atoms with Crippen LogP contribution in [0.4, 0.5) is 39.5 Å². The minimum Gasteiger partial charge on any atom is -0.504 e. The summed E-state index contributed by atoms with van der Waals surface area (Å²) in [4.78, 5) is 56.8. The van der Waals surface area contributed by atoms with Gasteiger partial charge in [0.25, 0.3) is 23.7 Å². The number of aliphatic hydroxyl groups is 1. The summed E-state index contributed by atoms with van der Waals surface area (Å²) in [7, 11) is -6.67. The van der Waals surface area contributed by atoms with E-state index >= 15 is 0 Å². The van der Waals surface area contributed by atoms with Gasteiger partial charge in [-0.25, -0.2) is 0 Å². The molecule has 3 aromatic carbocycles. The average molecular weight is 1780 g/mol. The van der Waals surface area contributed by atoms with Crippen molar-refractivity contribution in [1.82, 2.24) is 0 Å². The molecule has 9 rings (SSSR count). The van der Waals surface area contributed by atoms with E-state index in [4.69, 9.17) is 34.8 Å². The molecule has 4 N–H and O–H groups in total. The first kappa shape index (κ1) is 107. The van der Waals surface area contributed by atoms with E-state index in [2.05, 4.69) is 91.0 Å². The Kier molecular flexibility index (Phi) is 58.8. The quantitative estimate of drug-likeness (QED) is 0.0435. The third kappa shape index (κ3) is 40.0. The maximum absolute atomic E-state index is 14.1. The first-order chi connectivity index (χ1) is 44.5. The van der Waals surface area contributed by atoms with Crippen LogP contribution in [0.3, 0.4) is 0 Å². The van der Waals surface area contributed by atoms with Crippen LogP contribution in [0.5, 0.6) is 0 Å². The minimum atomic E-state index is -5.42. The number of carboxylic acids is 3. The number of ketones is 3. The van der Waals surface area contributed by atoms with Gasteiger partial charge in [-0.1, -0.05) is 236 Å². The fraction of sp³-hybridized carbons (Fsp3) is 0.649. The smallest absolute Gasteiger partial charge is 0.454 e. The van der Waals surface area contributed by atoms with Crippen LogP contribution < -0.4 is 15.9 Å². The molecule has 0 saturated heterocycles. The monoisotopic (exact) mass is 1780 g/mol. The molecule has 6 aliphatic rings. The van der Waals surface area contributed by atoms with Gasteiger partial charge in [-0.15, -0.1) is 0 Å². The Bertz CT molecular complexity index is 2620. The van der Waals surface area contributed by atoms with Crippen LogP contribution >= 0.6 is 21.4 Å². The van der Waals surface area contributed by atoms with Gasteiger partial charge >= 0.3 is 18.5 Å². The Labute approximate surface area is 678 Å². The van der Waals surface area contributed by atoms with Gasteiger partial charge in [-0.05, 0) is 84.0 Å². The SMILES string of the molecule is C.C.C.C.CC(=O)CC(=O)C(F)(F)F.CC(=O)O.CC(=O)O.CC(=O)O.O=C(C=C(O)C(F)(F)F)C(F)(F)F.O=P(c1ccccc1)(C1CCCCC1)C1CCCCC1.O=P(c1ccccc1)(C1CCCCC1)C1CCCCC1.O=P(c1ccccc1)(C1CCCCC1)C1CCCCC1.[Eu].[Eu]. The summed E-state index contributed by atoms with van der Waals surface area (Å²) < 4.78 is 144. The molecule has 0 spiro atoms. The zero-order valence-electron chi connectivity index (χ0n) is 56.1. The van der Waals surface area contributed by atoms with Crippen molar-refractivity contribution in [3.8, 4) is 0 Å². The van der Waals surface area contributed by atoms with Gasteiger partial charge < -0.3 is 34.1 Å². The number of rotatable bonds is 12. The summed E-state index contributed by atoms with van der Waals surface area (Å²) >= 11 is 0. The molecule has 27 heteroatoms. The molecule has 0 bridgehead atoms. The molecule has 0 aliphatic heterocycles. The number of aliphatic carboxylic acids is 3. The number of hydrogen-bond donors (Lipinski definition) is 4. The molecule has 0 aromatic heterocycles. The van der Waals surface area contributed by atoms with E-state index in [1.165, 1.54) is 209 Å². The van der Waals surface area contributed by atoms with Crippen LogP contribution in [0, 0.1) is 98.8 Å². The molecule has 2 radical (unpaired) electrons. The molecule has 0 atom stereocenters. The normalized spacial score (nSPS) is 17.3. The Morgan fingerprint density at radius 1 is 0.347 bits per heavy atom. The van der Waals surface area contributed by atoms with E-state index < -0.39 is 93.5 Å². The van der Waals surface area contributed by atoms with Gasteiger partial charge in [0.05, 0.1) is 6.42 Å². The van der Waals surface area contributed by atoms with Crippen molar-refractivity contribution in [2.75, 3.05) is 0 Å². The second kappa shape index (κ2) is 55.3. The van der Waals surface area contributed by atoms with Crippen molar-refractivity contribution in [2.45, 2.75) is 309 Å². The molecule has 0 amide bonds. The van der Waals surface area contributed by atoms with E-state index in [9.17, 15) is 67.6 Å². The molecular formula is C74H116Eu2F9O13P3. The average Bonchev–Trinajstić information content (AvgIpc) is 0.785. The van der Waals surface area contributed by atoms with Crippen LogP contribution in [-0.4, -0.2) is 108 Å². The van der Waals surface area contributed by atoms with E-state index in [1.807, 2.05) is 0 Å². The van der Waals surface area contributed by atoms with Gasteiger partial charge in [0.1, 0.15) is 27.2 Å². The molecular weight excluding hydrogens is 1660 g/mol. The summed E-state index contributed by atoms with van der Waals surface area (Å²) in [6.45, 7) is 4.18. The second-order valence-electron chi connectivity index (χ2n) is 25.1. The summed E-state index contributed by atoms with van der Waals surface area (Å²) in [5, 5.41) is 33.7. The van der Waals surface area contributed by atoms with Crippen LogP contribution in [0.1, 0.15) is 256 Å². The maximum atomic E-state index is 14.1. The number of carbonyl (C=O) groups excluding carboxylic acids is 3. The number of aliphatic hydroxyl groups excluding tert-OH is 1. The van der Waals surface area contributed by atoms with Gasteiger partial charge in [0.2, 0.25) is 11.5 Å². The van der Waals surface area contributed by atoms with Crippen LogP contribution in [0.15, 0.2) is 103 Å². The molecule has 3 aromatic rings. The predicted octanol–water partition coefficient (Wildman–Crippen LogP) is 22.1. The number of alkyl halides is 9. The molecule has 0 heterocycles. The van der Waals surface area contributed by atoms with Gasteiger partial charge in [-0.3, -0.25) is 28.8 Å². The zero-order chi connectivity index (χ0) is 71.5. The minimum absolute atomic E-state index is 0. The second-order valence-corrected chi connectivity index (χ2v) is 35.3. The summed E-state index contributed by atoms with van der Waals surface area (Å²) in [6.07, 6.45) is 20.3. The summed E-state index contributed by atoms with van der Waals surface area (Å²) in [5.74, 6) is -10.6. The largest absolute Gasteiger partial charge is 0.504 e. The Balaban J connectivity index is -0.000000366. The van der Waals surface area contributed by atoms with E-state index in [1.54, 1.807) is 0 Å². The van der Waals surface area contributed by atoms with Crippen LogP contribution in [0.25, 0.3) is 0 Å². The third-order valence-corrected chi connectivity index (χ3v) is 30.7. The number of benzene rings is 3. The summed E-state index contributed by atoms with van der Waals surface area (Å²) in [6, 6.07) is 31.5. The molecule has 13 nitrogen and oxygen atoms in total. The topological polar surface area (TPSA) is 235 Å². The van der Waals surface area contributed by atoms with Crippen molar-refractivity contribution in [3.63, 3.8) is 0 Å². The zero-order valence-corrected chi connectivity index (χ0v) is 63.6. The van der Waals surface area contributed by atoms with Crippen molar-refractivity contribution >= 4 is 72.6 Å². The van der Waals surface area contributed by atoms with Crippen LogP contribution in [-0.2, 0) is 42.5 Å². The molecule has 582 valence electrons. The number of carboxylic acid groups (broad SMARTS) is 3. The van der Waals surface area contributed by atoms with Crippen LogP contribution in [0.2, 0.25) is 0 Å². The van der Waals surface area contributed by atoms with Crippen molar-refractivity contribution in [1.29, 1.82) is 0 Å². The standard InChI is InChI=1S/3C18H27OP.C5H2F6O2.C5H5F3O2.3C2H4O2.4CH4.2Eu/c3*19-20(16-10-4-1-5-11-16,17-12-6-2-7-13-17)18-14-8-3-9-15-18;6-4(7,8)2(12)1-3(13)5(9,10)11;1-3(9)2-4(10)5(6,7)8;3*1-2(3)4;;;;;;/h3*1,4-5,10-11,17-18H,2-3,6-9,12-15H2;1,12H;2H2,1H3;3*1H3,(H,3,4);4*1H4;;. The van der Waals surface area contributed by atoms with Gasteiger partial charge in [-0.2, -0.15) is 39.5 Å². The number of Topliss-reactive ketones (excluding diaryl/α,β-unsaturated/α-hetero) is 2. The summed E-state index contributed by atoms with van der Waals surface area (Å²) in [5.41, 5.74) is 2.84. The first-order valence-corrected chi connectivity index (χ1v) is 38.8. The molecule has 6 fully saturated rings. The van der Waals surface area contributed by atoms with E-state index in [-0.39, 0.29) is 128 Å². The molecule has 0 unspecified atom stereocenters. The number of carbonyl (C=O) groups is 6. The Morgan fingerprint density at radius 2 is 0.525 bits per heavy atom.